The predicted octanol–water partition coefficient (Wildman–Crippen LogP) is -0.0696. The zero-order valence-corrected chi connectivity index (χ0v) is 10.4. The molecule has 1 aliphatic heterocycles. The lowest BCUT2D eigenvalue weighted by Gasteiger charge is -2.24. The first-order valence-electron chi connectivity index (χ1n) is 5.32. The highest BCUT2D eigenvalue weighted by Gasteiger charge is 2.57. The molecule has 3 unspecified atom stereocenters. The van der Waals surface area contributed by atoms with Crippen molar-refractivity contribution in [2.75, 3.05) is 13.2 Å². The summed E-state index contributed by atoms with van der Waals surface area (Å²) in [6, 6.07) is -0.0142. The van der Waals surface area contributed by atoms with E-state index in [1.54, 1.807) is 11.8 Å². The molecule has 1 aliphatic rings. The van der Waals surface area contributed by atoms with Gasteiger partial charge in [0.2, 0.25) is 0 Å². The fourth-order valence-corrected chi connectivity index (χ4v) is 2.10. The molecule has 1 rings (SSSR count). The molecule has 6 heteroatoms. The number of hydrogen-bond donors (Lipinski definition) is 2. The number of alkyl halides is 1. The second kappa shape index (κ2) is 4.87. The molecule has 94 valence electrons. The van der Waals surface area contributed by atoms with Crippen LogP contribution in [0.3, 0.4) is 0 Å². The van der Waals surface area contributed by atoms with Crippen LogP contribution in [0.5, 0.6) is 0 Å². The minimum Gasteiger partial charge on any atom is -0.465 e. The number of rotatable bonds is 3. The van der Waals surface area contributed by atoms with E-state index in [-0.39, 0.29) is 19.2 Å². The molecule has 2 N–H and O–H groups in total. The van der Waals surface area contributed by atoms with Crippen LogP contribution in [0.4, 0.5) is 0 Å². The Bertz CT molecular complexity index is 274. The van der Waals surface area contributed by atoms with Gasteiger partial charge in [0, 0.05) is 12.6 Å². The van der Waals surface area contributed by atoms with Crippen molar-refractivity contribution in [2.45, 2.75) is 44.0 Å². The molecule has 0 saturated carbocycles. The van der Waals surface area contributed by atoms with Crippen LogP contribution in [0.15, 0.2) is 0 Å². The van der Waals surface area contributed by atoms with Crippen LogP contribution in [0.2, 0.25) is 0 Å². The first-order chi connectivity index (χ1) is 7.34. The SMILES string of the molecule is CCOC(=O)C1(Cl)CN(C(C)C)C(O)C1O. The Balaban J connectivity index is 2.87. The number of halogens is 1. The second-order valence-corrected chi connectivity index (χ2v) is 4.88. The molecule has 0 bridgehead atoms. The number of aliphatic hydroxyl groups is 2. The maximum absolute atomic E-state index is 11.6. The molecule has 5 nitrogen and oxygen atoms in total. The van der Waals surface area contributed by atoms with E-state index in [1.165, 1.54) is 0 Å². The van der Waals surface area contributed by atoms with Gasteiger partial charge in [0.05, 0.1) is 6.61 Å². The van der Waals surface area contributed by atoms with Crippen molar-refractivity contribution in [2.24, 2.45) is 0 Å². The average molecular weight is 252 g/mol. The lowest BCUT2D eigenvalue weighted by atomic mass is 10.1. The zero-order chi connectivity index (χ0) is 12.5. The Morgan fingerprint density at radius 2 is 2.19 bits per heavy atom. The summed E-state index contributed by atoms with van der Waals surface area (Å²) in [6.07, 6.45) is -2.47. The van der Waals surface area contributed by atoms with E-state index >= 15 is 0 Å². The third-order valence-corrected chi connectivity index (χ3v) is 3.28. The number of nitrogens with zero attached hydrogens (tertiary/aromatic N) is 1. The van der Waals surface area contributed by atoms with Gasteiger partial charge >= 0.3 is 5.97 Å². The predicted molar refractivity (Wildman–Crippen MR) is 59.1 cm³/mol. The monoisotopic (exact) mass is 251 g/mol. The average Bonchev–Trinajstić information content (AvgIpc) is 2.44. The smallest absolute Gasteiger partial charge is 0.331 e. The minimum absolute atomic E-state index is 0.0142. The number of likely N-dealkylation sites (tertiary alicyclic amines) is 1. The third-order valence-electron chi connectivity index (χ3n) is 2.78. The van der Waals surface area contributed by atoms with Crippen molar-refractivity contribution in [3.63, 3.8) is 0 Å². The van der Waals surface area contributed by atoms with E-state index in [4.69, 9.17) is 16.3 Å². The molecule has 1 saturated heterocycles. The maximum Gasteiger partial charge on any atom is 0.331 e. The quantitative estimate of drug-likeness (QED) is 0.543. The van der Waals surface area contributed by atoms with Crippen LogP contribution in [0.1, 0.15) is 20.8 Å². The van der Waals surface area contributed by atoms with Crippen LogP contribution >= 0.6 is 11.6 Å². The van der Waals surface area contributed by atoms with Crippen LogP contribution < -0.4 is 0 Å². The fraction of sp³-hybridized carbons (Fsp3) is 0.900. The van der Waals surface area contributed by atoms with E-state index in [0.717, 1.165) is 0 Å². The Morgan fingerprint density at radius 1 is 1.62 bits per heavy atom. The highest BCUT2D eigenvalue weighted by atomic mass is 35.5. The van der Waals surface area contributed by atoms with E-state index in [1.807, 2.05) is 13.8 Å². The summed E-state index contributed by atoms with van der Waals surface area (Å²) in [5, 5.41) is 19.6. The van der Waals surface area contributed by atoms with E-state index in [0.29, 0.717) is 0 Å². The first-order valence-corrected chi connectivity index (χ1v) is 5.70. The molecular formula is C10H18ClNO4. The molecule has 0 aliphatic carbocycles. The van der Waals surface area contributed by atoms with Gasteiger partial charge in [0.25, 0.3) is 0 Å². The summed E-state index contributed by atoms with van der Waals surface area (Å²) in [4.78, 5) is 11.6. The normalized spacial score (nSPS) is 35.7. The van der Waals surface area contributed by atoms with Crippen LogP contribution in [0, 0.1) is 0 Å². The summed E-state index contributed by atoms with van der Waals surface area (Å²) in [7, 11) is 0. The minimum atomic E-state index is -1.57. The van der Waals surface area contributed by atoms with Gasteiger partial charge in [-0.1, -0.05) is 0 Å². The van der Waals surface area contributed by atoms with Gasteiger partial charge in [0.1, 0.15) is 12.3 Å². The van der Waals surface area contributed by atoms with Crippen LogP contribution in [-0.2, 0) is 9.53 Å². The lowest BCUT2D eigenvalue weighted by molar-refractivity contribution is -0.149. The molecule has 1 fully saturated rings. The van der Waals surface area contributed by atoms with Gasteiger partial charge in [-0.3, -0.25) is 4.90 Å². The van der Waals surface area contributed by atoms with Crippen molar-refractivity contribution < 1.29 is 19.7 Å². The summed E-state index contributed by atoms with van der Waals surface area (Å²) in [5.74, 6) is -0.689. The van der Waals surface area contributed by atoms with Crippen molar-refractivity contribution in [3.05, 3.63) is 0 Å². The number of ether oxygens (including phenoxy) is 1. The van der Waals surface area contributed by atoms with E-state index < -0.39 is 23.2 Å². The van der Waals surface area contributed by atoms with Crippen molar-refractivity contribution >= 4 is 17.6 Å². The van der Waals surface area contributed by atoms with E-state index in [2.05, 4.69) is 0 Å². The van der Waals surface area contributed by atoms with Gasteiger partial charge in [0.15, 0.2) is 4.87 Å². The van der Waals surface area contributed by atoms with E-state index in [9.17, 15) is 15.0 Å². The molecule has 0 aromatic rings. The number of hydrogen-bond acceptors (Lipinski definition) is 5. The molecule has 0 aromatic heterocycles. The van der Waals surface area contributed by atoms with Gasteiger partial charge in [-0.25, -0.2) is 4.79 Å². The molecule has 0 spiro atoms. The fourth-order valence-electron chi connectivity index (χ4n) is 1.79. The number of esters is 1. The summed E-state index contributed by atoms with van der Waals surface area (Å²) < 4.78 is 4.81. The molecular weight excluding hydrogens is 234 g/mol. The molecule has 0 aromatic carbocycles. The standard InChI is InChI=1S/C10H18ClNO4/c1-4-16-9(15)10(11)5-12(6(2)3)8(14)7(10)13/h6-8,13-14H,4-5H2,1-3H3. The van der Waals surface area contributed by atoms with Crippen molar-refractivity contribution in [3.8, 4) is 0 Å². The van der Waals surface area contributed by atoms with Crippen molar-refractivity contribution in [1.29, 1.82) is 0 Å². The number of aliphatic hydroxyl groups excluding tert-OH is 2. The lowest BCUT2D eigenvalue weighted by Crippen LogP contribution is -2.46. The topological polar surface area (TPSA) is 70.0 Å². The van der Waals surface area contributed by atoms with Crippen molar-refractivity contribution in [1.82, 2.24) is 4.90 Å². The highest BCUT2D eigenvalue weighted by molar-refractivity contribution is 6.35. The number of carbonyl (C=O) groups excluding carboxylic acids is 1. The summed E-state index contributed by atoms with van der Waals surface area (Å²) in [5.41, 5.74) is 0. The Kier molecular flexibility index (Phi) is 4.17. The zero-order valence-electron chi connectivity index (χ0n) is 9.68. The second-order valence-electron chi connectivity index (χ2n) is 4.21. The third kappa shape index (κ3) is 2.18. The maximum atomic E-state index is 11.6. The Hall–Kier alpha value is -0.360. The van der Waals surface area contributed by atoms with Gasteiger partial charge < -0.3 is 14.9 Å². The summed E-state index contributed by atoms with van der Waals surface area (Å²) in [6.45, 7) is 5.63. The Labute approximate surface area is 99.9 Å². The number of carbonyl (C=O) groups is 1. The highest BCUT2D eigenvalue weighted by Crippen LogP contribution is 2.34. The van der Waals surface area contributed by atoms with Gasteiger partial charge in [-0.05, 0) is 20.8 Å². The molecule has 16 heavy (non-hydrogen) atoms. The summed E-state index contributed by atoms with van der Waals surface area (Å²) >= 11 is 6.06. The van der Waals surface area contributed by atoms with Gasteiger partial charge in [-0.15, -0.1) is 11.6 Å². The molecule has 0 radical (unpaired) electrons. The molecule has 3 atom stereocenters. The molecule has 0 amide bonds. The first kappa shape index (κ1) is 13.7. The van der Waals surface area contributed by atoms with Crippen LogP contribution in [0.25, 0.3) is 0 Å². The molecule has 1 heterocycles. The Morgan fingerprint density at radius 3 is 2.56 bits per heavy atom. The largest absolute Gasteiger partial charge is 0.465 e. The van der Waals surface area contributed by atoms with Gasteiger partial charge in [-0.2, -0.15) is 0 Å². The van der Waals surface area contributed by atoms with Crippen LogP contribution in [-0.4, -0.2) is 57.5 Å².